The van der Waals surface area contributed by atoms with Crippen LogP contribution in [0.1, 0.15) is 18.3 Å². The maximum absolute atomic E-state index is 13.9. The molecule has 2 aromatic heterocycles. The molecular weight excluding hydrogens is 403 g/mol. The molecule has 154 valence electrons. The van der Waals surface area contributed by atoms with Crippen molar-refractivity contribution in [3.05, 3.63) is 46.7 Å². The molecule has 1 saturated heterocycles. The van der Waals surface area contributed by atoms with E-state index < -0.39 is 11.9 Å². The van der Waals surface area contributed by atoms with Gasteiger partial charge in [0.1, 0.15) is 5.82 Å². The van der Waals surface area contributed by atoms with E-state index in [-0.39, 0.29) is 21.8 Å². The highest BCUT2D eigenvalue weighted by Gasteiger charge is 2.40. The molecule has 0 N–H and O–H groups in total. The number of benzene rings is 1. The van der Waals surface area contributed by atoms with Gasteiger partial charge in [-0.05, 0) is 19.5 Å². The lowest BCUT2D eigenvalue weighted by Gasteiger charge is -2.35. The Hall–Kier alpha value is -2.32. The van der Waals surface area contributed by atoms with Gasteiger partial charge < -0.3 is 9.80 Å². The van der Waals surface area contributed by atoms with Gasteiger partial charge in [-0.25, -0.2) is 4.98 Å². The minimum absolute atomic E-state index is 0.0831. The number of fused-ring (bicyclic) bond motifs is 1. The summed E-state index contributed by atoms with van der Waals surface area (Å²) in [6.07, 6.45) is -4.63. The van der Waals surface area contributed by atoms with Gasteiger partial charge in [-0.1, -0.05) is 36.7 Å². The minimum atomic E-state index is -4.63. The van der Waals surface area contributed by atoms with Crippen LogP contribution in [-0.2, 0) is 6.18 Å². The van der Waals surface area contributed by atoms with E-state index in [0.717, 1.165) is 32.7 Å². The number of hydrogen-bond donors (Lipinski definition) is 0. The Morgan fingerprint density at radius 3 is 2.41 bits per heavy atom. The minimum Gasteiger partial charge on any atom is -0.354 e. The topological polar surface area (TPSA) is 36.7 Å². The van der Waals surface area contributed by atoms with Gasteiger partial charge in [-0.2, -0.15) is 22.8 Å². The second-order valence-electron chi connectivity index (χ2n) is 7.11. The average molecular weight is 424 g/mol. The van der Waals surface area contributed by atoms with Crippen molar-refractivity contribution in [1.82, 2.24) is 19.5 Å². The molecule has 9 heteroatoms. The van der Waals surface area contributed by atoms with Crippen LogP contribution in [0.5, 0.6) is 0 Å². The summed E-state index contributed by atoms with van der Waals surface area (Å²) in [5, 5.41) is 4.20. The molecule has 3 aromatic rings. The van der Waals surface area contributed by atoms with Crippen molar-refractivity contribution in [2.24, 2.45) is 0 Å². The molecule has 3 heterocycles. The Bertz CT molecular complexity index is 1040. The van der Waals surface area contributed by atoms with E-state index in [1.54, 1.807) is 37.3 Å². The summed E-state index contributed by atoms with van der Waals surface area (Å²) in [5.74, 6) is 0.618. The largest absolute Gasteiger partial charge is 0.435 e. The van der Waals surface area contributed by atoms with E-state index in [1.165, 1.54) is 4.52 Å². The number of likely N-dealkylation sites (N-methyl/N-ethyl adjacent to an activating group) is 1. The molecule has 0 saturated carbocycles. The van der Waals surface area contributed by atoms with Gasteiger partial charge >= 0.3 is 6.18 Å². The molecule has 1 aliphatic rings. The SMILES string of the molecule is CCN1CCN(c2cc(C)nc3c(-c4ccccc4Cl)c(C(F)(F)F)nn23)CC1. The van der Waals surface area contributed by atoms with Gasteiger partial charge in [0, 0.05) is 48.5 Å². The number of nitrogens with zero attached hydrogens (tertiary/aromatic N) is 5. The quantitative estimate of drug-likeness (QED) is 0.620. The number of rotatable bonds is 3. The van der Waals surface area contributed by atoms with Crippen molar-refractivity contribution in [2.45, 2.75) is 20.0 Å². The monoisotopic (exact) mass is 423 g/mol. The van der Waals surface area contributed by atoms with Gasteiger partial charge in [0.25, 0.3) is 0 Å². The Morgan fingerprint density at radius 2 is 1.79 bits per heavy atom. The Kier molecular flexibility index (Phi) is 5.16. The summed E-state index contributed by atoms with van der Waals surface area (Å²) in [6.45, 7) is 7.97. The van der Waals surface area contributed by atoms with Gasteiger partial charge in [0.05, 0.1) is 5.56 Å². The van der Waals surface area contributed by atoms with Crippen LogP contribution in [-0.4, -0.2) is 52.2 Å². The lowest BCUT2D eigenvalue weighted by Crippen LogP contribution is -2.46. The smallest absolute Gasteiger partial charge is 0.354 e. The van der Waals surface area contributed by atoms with Crippen LogP contribution in [0, 0.1) is 6.92 Å². The molecule has 1 fully saturated rings. The van der Waals surface area contributed by atoms with Crippen molar-refractivity contribution in [3.8, 4) is 11.1 Å². The fraction of sp³-hybridized carbons (Fsp3) is 0.400. The number of halogens is 4. The summed E-state index contributed by atoms with van der Waals surface area (Å²) in [7, 11) is 0. The highest BCUT2D eigenvalue weighted by molar-refractivity contribution is 6.33. The number of piperazine rings is 1. The van der Waals surface area contributed by atoms with Crippen LogP contribution in [0.3, 0.4) is 0 Å². The van der Waals surface area contributed by atoms with Crippen LogP contribution in [0.4, 0.5) is 19.0 Å². The third-order valence-corrected chi connectivity index (χ3v) is 5.58. The molecule has 4 rings (SSSR count). The molecule has 1 aromatic carbocycles. The van der Waals surface area contributed by atoms with E-state index in [0.29, 0.717) is 11.5 Å². The lowest BCUT2D eigenvalue weighted by atomic mass is 10.1. The van der Waals surface area contributed by atoms with Gasteiger partial charge in [-0.3, -0.25) is 0 Å². The van der Waals surface area contributed by atoms with Gasteiger partial charge in [0.15, 0.2) is 11.3 Å². The first-order valence-electron chi connectivity index (χ1n) is 9.49. The molecule has 5 nitrogen and oxygen atoms in total. The maximum Gasteiger partial charge on any atom is 0.435 e. The van der Waals surface area contributed by atoms with E-state index in [2.05, 4.69) is 26.8 Å². The first-order chi connectivity index (χ1) is 13.8. The van der Waals surface area contributed by atoms with Crippen molar-refractivity contribution in [3.63, 3.8) is 0 Å². The molecule has 0 spiro atoms. The molecule has 0 amide bonds. The van der Waals surface area contributed by atoms with E-state index >= 15 is 0 Å². The maximum atomic E-state index is 13.9. The Morgan fingerprint density at radius 1 is 1.10 bits per heavy atom. The molecule has 1 aliphatic heterocycles. The van der Waals surface area contributed by atoms with Crippen LogP contribution >= 0.6 is 11.6 Å². The van der Waals surface area contributed by atoms with Gasteiger partial charge in [0.2, 0.25) is 0 Å². The second kappa shape index (κ2) is 7.50. The summed E-state index contributed by atoms with van der Waals surface area (Å²) in [5.41, 5.74) is 0.0134. The molecule has 0 bridgehead atoms. The summed E-state index contributed by atoms with van der Waals surface area (Å²) in [6, 6.07) is 8.27. The van der Waals surface area contributed by atoms with E-state index in [4.69, 9.17) is 11.6 Å². The molecule has 0 radical (unpaired) electrons. The zero-order valence-electron chi connectivity index (χ0n) is 16.2. The number of hydrogen-bond acceptors (Lipinski definition) is 4. The predicted octanol–water partition coefficient (Wildman–Crippen LogP) is 4.52. The number of aromatic nitrogens is 3. The highest BCUT2D eigenvalue weighted by Crippen LogP contribution is 2.41. The molecule has 0 atom stereocenters. The van der Waals surface area contributed by atoms with Crippen LogP contribution in [0.25, 0.3) is 16.8 Å². The number of aryl methyl sites for hydroxylation is 1. The van der Waals surface area contributed by atoms with Crippen molar-refractivity contribution >= 4 is 23.1 Å². The normalized spacial score (nSPS) is 16.0. The third-order valence-electron chi connectivity index (χ3n) is 5.25. The van der Waals surface area contributed by atoms with Crippen molar-refractivity contribution in [2.75, 3.05) is 37.6 Å². The third kappa shape index (κ3) is 3.67. The number of anilines is 1. The fourth-order valence-electron chi connectivity index (χ4n) is 3.75. The Labute approximate surface area is 171 Å². The molecule has 0 unspecified atom stereocenters. The molecule has 0 aliphatic carbocycles. The summed E-state index contributed by atoms with van der Waals surface area (Å²) in [4.78, 5) is 8.79. The Balaban J connectivity index is 1.94. The van der Waals surface area contributed by atoms with Crippen LogP contribution in [0.2, 0.25) is 5.02 Å². The zero-order chi connectivity index (χ0) is 20.8. The highest BCUT2D eigenvalue weighted by atomic mass is 35.5. The molecule has 29 heavy (non-hydrogen) atoms. The van der Waals surface area contributed by atoms with Crippen LogP contribution in [0.15, 0.2) is 30.3 Å². The number of alkyl halides is 3. The molecular formula is C20H21ClF3N5. The van der Waals surface area contributed by atoms with E-state index in [1.807, 2.05) is 0 Å². The van der Waals surface area contributed by atoms with Gasteiger partial charge in [-0.15, -0.1) is 0 Å². The zero-order valence-corrected chi connectivity index (χ0v) is 16.9. The standard InChI is InChI=1S/C20H21ClF3N5/c1-3-27-8-10-28(11-9-27)16-12-13(2)25-19-17(14-6-4-5-7-15(14)21)18(20(22,23)24)26-29(16)19/h4-7,12H,3,8-11H2,1-2H3. The van der Waals surface area contributed by atoms with Crippen LogP contribution < -0.4 is 4.90 Å². The first-order valence-corrected chi connectivity index (χ1v) is 9.87. The van der Waals surface area contributed by atoms with Crippen molar-refractivity contribution < 1.29 is 13.2 Å². The fourth-order valence-corrected chi connectivity index (χ4v) is 3.98. The summed E-state index contributed by atoms with van der Waals surface area (Å²) < 4.78 is 43.0. The summed E-state index contributed by atoms with van der Waals surface area (Å²) >= 11 is 6.25. The lowest BCUT2D eigenvalue weighted by molar-refractivity contribution is -0.140. The first kappa shape index (κ1) is 20.0. The average Bonchev–Trinajstić information content (AvgIpc) is 3.07. The second-order valence-corrected chi connectivity index (χ2v) is 7.52. The van der Waals surface area contributed by atoms with Crippen molar-refractivity contribution in [1.29, 1.82) is 0 Å². The van der Waals surface area contributed by atoms with E-state index in [9.17, 15) is 13.2 Å². The predicted molar refractivity (Wildman–Crippen MR) is 107 cm³/mol.